The fourth-order valence-corrected chi connectivity index (χ4v) is 9.46. The lowest BCUT2D eigenvalue weighted by Gasteiger charge is -2.19. The van der Waals surface area contributed by atoms with Gasteiger partial charge in [-0.1, -0.05) is 96.3 Å². The van der Waals surface area contributed by atoms with Crippen LogP contribution in [0.4, 0.5) is 0 Å². The minimum absolute atomic E-state index is 0.238. The molecule has 2 aliphatic rings. The summed E-state index contributed by atoms with van der Waals surface area (Å²) in [6, 6.07) is 0. The third kappa shape index (κ3) is 6.68. The maximum absolute atomic E-state index is 12.6. The summed E-state index contributed by atoms with van der Waals surface area (Å²) in [6.07, 6.45) is 22.5. The van der Waals surface area contributed by atoms with Crippen LogP contribution >= 0.6 is 22.7 Å². The van der Waals surface area contributed by atoms with Crippen LogP contribution in [0.5, 0.6) is 0 Å². The molecule has 194 valence electrons. The smallest absolute Gasteiger partial charge is 0.338 e. The van der Waals surface area contributed by atoms with E-state index in [1.807, 2.05) is 0 Å². The van der Waals surface area contributed by atoms with Crippen LogP contribution in [0.3, 0.4) is 0 Å². The number of rotatable bonds is 4. The Hall–Kier alpha value is -1.40. The van der Waals surface area contributed by atoms with Crippen molar-refractivity contribution < 1.29 is 19.8 Å². The van der Waals surface area contributed by atoms with E-state index in [0.717, 1.165) is 70.5 Å². The summed E-state index contributed by atoms with van der Waals surface area (Å²) in [5.74, 6) is -1.28. The van der Waals surface area contributed by atoms with E-state index in [4.69, 9.17) is 0 Å². The van der Waals surface area contributed by atoms with Gasteiger partial charge in [-0.05, 0) is 37.5 Å². The number of aromatic carboxylic acids is 2. The molecule has 0 spiro atoms. The van der Waals surface area contributed by atoms with Crippen molar-refractivity contribution in [3.63, 3.8) is 0 Å². The Bertz CT molecular complexity index is 967. The molecule has 0 atom stereocenters. The van der Waals surface area contributed by atoms with E-state index in [9.17, 15) is 19.8 Å². The Kier molecular flexibility index (Phi) is 10.1. The lowest BCUT2D eigenvalue weighted by atomic mass is 9.89. The van der Waals surface area contributed by atoms with Crippen molar-refractivity contribution in [1.29, 1.82) is 0 Å². The highest BCUT2D eigenvalue weighted by atomic mass is 32.1. The minimum Gasteiger partial charge on any atom is -0.478 e. The molecule has 2 heterocycles. The van der Waals surface area contributed by atoms with Gasteiger partial charge in [0.2, 0.25) is 0 Å². The zero-order valence-electron chi connectivity index (χ0n) is 21.1. The normalized spacial score (nSPS) is 20.9. The minimum atomic E-state index is -0.879. The van der Waals surface area contributed by atoms with E-state index in [0.29, 0.717) is 11.1 Å². The summed E-state index contributed by atoms with van der Waals surface area (Å²) in [6.45, 7) is 0. The Morgan fingerprint density at radius 2 is 0.743 bits per heavy atom. The second-order valence-electron chi connectivity index (χ2n) is 10.8. The van der Waals surface area contributed by atoms with Crippen LogP contribution in [-0.2, 0) is 0 Å². The van der Waals surface area contributed by atoms with E-state index in [-0.39, 0.29) is 11.8 Å². The van der Waals surface area contributed by atoms with Crippen molar-refractivity contribution in [1.82, 2.24) is 0 Å². The van der Waals surface area contributed by atoms with E-state index in [1.54, 1.807) is 0 Å². The number of hydrogen-bond acceptors (Lipinski definition) is 4. The van der Waals surface area contributed by atoms with E-state index < -0.39 is 11.9 Å². The van der Waals surface area contributed by atoms with Crippen LogP contribution < -0.4 is 0 Å². The van der Waals surface area contributed by atoms with Crippen LogP contribution in [0, 0.1) is 0 Å². The van der Waals surface area contributed by atoms with Gasteiger partial charge in [0.25, 0.3) is 0 Å². The predicted octanol–water partition coefficient (Wildman–Crippen LogP) is 9.97. The highest BCUT2D eigenvalue weighted by Gasteiger charge is 2.32. The molecule has 2 aromatic heterocycles. The molecule has 0 aromatic carbocycles. The van der Waals surface area contributed by atoms with Gasteiger partial charge in [0.15, 0.2) is 0 Å². The summed E-state index contributed by atoms with van der Waals surface area (Å²) in [5.41, 5.74) is 0.839. The van der Waals surface area contributed by atoms with Crippen LogP contribution in [0.15, 0.2) is 0 Å². The van der Waals surface area contributed by atoms with Crippen LogP contribution in [0.2, 0.25) is 0 Å². The summed E-state index contributed by atoms with van der Waals surface area (Å²) < 4.78 is 1.47. The SMILES string of the molecule is O=C(O)c1c(C2CCCCCCCCCC2)sc2c(C(=O)O)c(C3CCCCCCCCC3)sc12. The first-order valence-corrected chi connectivity index (χ1v) is 15.8. The fourth-order valence-electron chi connectivity index (χ4n) is 6.27. The van der Waals surface area contributed by atoms with Crippen molar-refractivity contribution in [3.05, 3.63) is 20.9 Å². The van der Waals surface area contributed by atoms with Crippen LogP contribution in [0.25, 0.3) is 9.40 Å². The first-order valence-electron chi connectivity index (χ1n) is 14.1. The number of fused-ring (bicyclic) bond motifs is 1. The van der Waals surface area contributed by atoms with Gasteiger partial charge in [0.05, 0.1) is 20.5 Å². The third-order valence-corrected chi connectivity index (χ3v) is 11.1. The monoisotopic (exact) mass is 518 g/mol. The lowest BCUT2D eigenvalue weighted by molar-refractivity contribution is 0.0686. The number of carboxylic acid groups (broad SMARTS) is 2. The van der Waals surface area contributed by atoms with Gasteiger partial charge in [-0.25, -0.2) is 9.59 Å². The highest BCUT2D eigenvalue weighted by molar-refractivity contribution is 7.29. The second kappa shape index (κ2) is 13.2. The van der Waals surface area contributed by atoms with Crippen LogP contribution in [-0.4, -0.2) is 22.2 Å². The zero-order chi connectivity index (χ0) is 24.6. The van der Waals surface area contributed by atoms with Gasteiger partial charge in [-0.3, -0.25) is 0 Å². The summed E-state index contributed by atoms with van der Waals surface area (Å²) in [7, 11) is 0. The van der Waals surface area contributed by atoms with Crippen molar-refractivity contribution in [2.45, 2.75) is 134 Å². The molecule has 2 aromatic rings. The molecular weight excluding hydrogens is 476 g/mol. The second-order valence-corrected chi connectivity index (χ2v) is 12.9. The molecule has 6 heteroatoms. The molecule has 0 saturated heterocycles. The quantitative estimate of drug-likeness (QED) is 0.422. The molecule has 2 aliphatic carbocycles. The van der Waals surface area contributed by atoms with E-state index in [2.05, 4.69) is 0 Å². The van der Waals surface area contributed by atoms with Crippen molar-refractivity contribution >= 4 is 44.0 Å². The van der Waals surface area contributed by atoms with Crippen LogP contribution in [0.1, 0.15) is 164 Å². The maximum Gasteiger partial charge on any atom is 0.338 e. The number of carbonyl (C=O) groups is 2. The first kappa shape index (κ1) is 26.7. The van der Waals surface area contributed by atoms with Crippen molar-refractivity contribution in [2.75, 3.05) is 0 Å². The molecule has 2 N–H and O–H groups in total. The topological polar surface area (TPSA) is 74.6 Å². The molecule has 0 aliphatic heterocycles. The van der Waals surface area contributed by atoms with Gasteiger partial charge in [0, 0.05) is 9.75 Å². The van der Waals surface area contributed by atoms with Gasteiger partial charge in [0.1, 0.15) is 0 Å². The molecule has 4 nitrogen and oxygen atoms in total. The molecule has 2 saturated carbocycles. The standard InChI is InChI=1S/C29H42O4S2/c30-28(31)22-24(20-16-12-8-4-1-2-5-9-13-17-20)34-27-23(29(32)33)25(35-26(22)27)21-18-14-10-6-3-7-11-15-19-21/h20-21H,1-19H2,(H,30,31)(H,32,33). The van der Waals surface area contributed by atoms with E-state index in [1.165, 1.54) is 93.3 Å². The molecule has 4 rings (SSSR count). The van der Waals surface area contributed by atoms with Gasteiger partial charge < -0.3 is 10.2 Å². The average Bonchev–Trinajstić information content (AvgIpc) is 3.35. The van der Waals surface area contributed by atoms with E-state index >= 15 is 0 Å². The lowest BCUT2D eigenvalue weighted by Crippen LogP contribution is -2.06. The molecule has 0 radical (unpaired) electrons. The van der Waals surface area contributed by atoms with Crippen molar-refractivity contribution in [2.24, 2.45) is 0 Å². The molecule has 0 amide bonds. The van der Waals surface area contributed by atoms with Gasteiger partial charge >= 0.3 is 11.9 Å². The molecule has 2 fully saturated rings. The van der Waals surface area contributed by atoms with Gasteiger partial charge in [-0.15, -0.1) is 22.7 Å². The number of carboxylic acids is 2. The third-order valence-electron chi connectivity index (χ3n) is 8.21. The molecule has 0 bridgehead atoms. The van der Waals surface area contributed by atoms with Gasteiger partial charge in [-0.2, -0.15) is 0 Å². The van der Waals surface area contributed by atoms with Crippen molar-refractivity contribution in [3.8, 4) is 0 Å². The molecular formula is C29H42O4S2. The summed E-state index contributed by atoms with van der Waals surface area (Å²) in [5, 5.41) is 20.6. The highest BCUT2D eigenvalue weighted by Crippen LogP contribution is 2.49. The summed E-state index contributed by atoms with van der Waals surface area (Å²) >= 11 is 2.99. The largest absolute Gasteiger partial charge is 0.478 e. The molecule has 35 heavy (non-hydrogen) atoms. The summed E-state index contributed by atoms with van der Waals surface area (Å²) in [4.78, 5) is 27.0. The fraction of sp³-hybridized carbons (Fsp3) is 0.724. The Balaban J connectivity index is 1.71. The number of thiophene rings is 2. The predicted molar refractivity (Wildman–Crippen MR) is 147 cm³/mol. The zero-order valence-corrected chi connectivity index (χ0v) is 22.8. The number of hydrogen-bond donors (Lipinski definition) is 2. The first-order chi connectivity index (χ1) is 17.1. The average molecular weight is 519 g/mol. The molecule has 0 unspecified atom stereocenters. The maximum atomic E-state index is 12.6. The Morgan fingerprint density at radius 3 is 1.00 bits per heavy atom. The Morgan fingerprint density at radius 1 is 0.486 bits per heavy atom. The Labute approximate surface area is 218 Å².